The number of ether oxygens (including phenoxy) is 1. The second-order valence-electron chi connectivity index (χ2n) is 4.82. The van der Waals surface area contributed by atoms with Gasteiger partial charge in [0.25, 0.3) is 5.69 Å². The molecule has 0 bridgehead atoms. The molecule has 0 atom stereocenters. The van der Waals surface area contributed by atoms with Crippen LogP contribution in [-0.2, 0) is 6.54 Å². The first kappa shape index (κ1) is 14.9. The van der Waals surface area contributed by atoms with Crippen LogP contribution in [-0.4, -0.2) is 17.0 Å². The zero-order chi connectivity index (χ0) is 15.4. The van der Waals surface area contributed by atoms with Crippen molar-refractivity contribution >= 4 is 5.69 Å². The molecule has 21 heavy (non-hydrogen) atoms. The zero-order valence-corrected chi connectivity index (χ0v) is 12.2. The summed E-state index contributed by atoms with van der Waals surface area (Å²) in [5.74, 6) is 1.21. The van der Waals surface area contributed by atoms with E-state index in [1.165, 1.54) is 6.07 Å². The molecule has 0 saturated carbocycles. The van der Waals surface area contributed by atoms with Gasteiger partial charge in [-0.2, -0.15) is 0 Å². The number of hydrogen-bond acceptors (Lipinski definition) is 5. The smallest absolute Gasteiger partial charge is 0.272 e. The van der Waals surface area contributed by atoms with E-state index in [1.54, 1.807) is 32.3 Å². The third-order valence-electron chi connectivity index (χ3n) is 3.07. The summed E-state index contributed by atoms with van der Waals surface area (Å²) in [5.41, 5.74) is 2.39. The topological polar surface area (TPSA) is 77.3 Å². The van der Waals surface area contributed by atoms with E-state index in [-0.39, 0.29) is 10.6 Å². The third-order valence-corrected chi connectivity index (χ3v) is 3.07. The van der Waals surface area contributed by atoms with Gasteiger partial charge in [-0.25, -0.2) is 0 Å². The molecular weight excluding hydrogens is 270 g/mol. The van der Waals surface area contributed by atoms with Crippen LogP contribution in [0.4, 0.5) is 5.69 Å². The first-order valence-electron chi connectivity index (χ1n) is 6.53. The molecule has 0 aliphatic rings. The second-order valence-corrected chi connectivity index (χ2v) is 4.82. The van der Waals surface area contributed by atoms with Gasteiger partial charge in [0.05, 0.1) is 11.1 Å². The number of rotatable bonds is 5. The van der Waals surface area contributed by atoms with Crippen molar-refractivity contribution in [3.05, 3.63) is 57.4 Å². The van der Waals surface area contributed by atoms with Crippen molar-refractivity contribution in [1.82, 2.24) is 10.3 Å². The van der Waals surface area contributed by atoms with Crippen molar-refractivity contribution < 1.29 is 9.66 Å². The lowest BCUT2D eigenvalue weighted by Crippen LogP contribution is -2.05. The van der Waals surface area contributed by atoms with E-state index < -0.39 is 0 Å². The van der Waals surface area contributed by atoms with Crippen molar-refractivity contribution in [2.75, 3.05) is 7.05 Å². The molecule has 0 saturated heterocycles. The summed E-state index contributed by atoms with van der Waals surface area (Å²) in [4.78, 5) is 14.6. The minimum atomic E-state index is -0.388. The van der Waals surface area contributed by atoms with Crippen LogP contribution in [0.3, 0.4) is 0 Å². The van der Waals surface area contributed by atoms with Crippen molar-refractivity contribution in [2.45, 2.75) is 20.4 Å². The number of pyridine rings is 1. The fraction of sp³-hybridized carbons (Fsp3) is 0.267. The fourth-order valence-corrected chi connectivity index (χ4v) is 2.03. The van der Waals surface area contributed by atoms with Crippen LogP contribution < -0.4 is 10.1 Å². The molecule has 0 fully saturated rings. The van der Waals surface area contributed by atoms with Gasteiger partial charge >= 0.3 is 0 Å². The van der Waals surface area contributed by atoms with E-state index in [9.17, 15) is 10.1 Å². The molecule has 0 amide bonds. The number of aryl methyl sites for hydroxylation is 2. The second kappa shape index (κ2) is 6.32. The molecule has 6 nitrogen and oxygen atoms in total. The molecule has 0 unspecified atom stereocenters. The Bertz CT molecular complexity index is 671. The van der Waals surface area contributed by atoms with Gasteiger partial charge in [-0.1, -0.05) is 0 Å². The quantitative estimate of drug-likeness (QED) is 0.675. The highest BCUT2D eigenvalue weighted by Crippen LogP contribution is 2.31. The SMILES string of the molecule is CNCc1cncc(Oc2cc(C)c([N+](=O)[O-])cc2C)c1. The molecule has 1 heterocycles. The minimum absolute atomic E-state index is 0.0990. The summed E-state index contributed by atoms with van der Waals surface area (Å²) >= 11 is 0. The molecular formula is C15H17N3O3. The van der Waals surface area contributed by atoms with Crippen LogP contribution in [0.1, 0.15) is 16.7 Å². The average Bonchev–Trinajstić information content (AvgIpc) is 2.43. The molecule has 1 aromatic carbocycles. The maximum absolute atomic E-state index is 10.9. The Morgan fingerprint density at radius 2 is 2.00 bits per heavy atom. The van der Waals surface area contributed by atoms with Crippen molar-refractivity contribution in [3.8, 4) is 11.5 Å². The van der Waals surface area contributed by atoms with E-state index in [4.69, 9.17) is 4.74 Å². The maximum atomic E-state index is 10.9. The standard InChI is InChI=1S/C15H17N3O3/c1-10-5-15(11(2)4-14(10)18(19)20)21-13-6-12(7-16-3)8-17-9-13/h4-6,8-9,16H,7H2,1-3H3. The van der Waals surface area contributed by atoms with Crippen LogP contribution >= 0.6 is 0 Å². The summed E-state index contributed by atoms with van der Waals surface area (Å²) < 4.78 is 5.80. The van der Waals surface area contributed by atoms with Gasteiger partial charge in [-0.05, 0) is 44.2 Å². The molecule has 2 aromatic rings. The molecule has 0 spiro atoms. The third kappa shape index (κ3) is 3.55. The number of nitrogens with one attached hydrogen (secondary N) is 1. The monoisotopic (exact) mass is 287 g/mol. The molecule has 0 aliphatic heterocycles. The Labute approximate surface area is 122 Å². The largest absolute Gasteiger partial charge is 0.455 e. The lowest BCUT2D eigenvalue weighted by Gasteiger charge is -2.10. The van der Waals surface area contributed by atoms with Crippen molar-refractivity contribution in [2.24, 2.45) is 0 Å². The Kier molecular flexibility index (Phi) is 4.49. The molecule has 0 radical (unpaired) electrons. The van der Waals surface area contributed by atoms with Crippen molar-refractivity contribution in [1.29, 1.82) is 0 Å². The van der Waals surface area contributed by atoms with E-state index in [2.05, 4.69) is 10.3 Å². The van der Waals surface area contributed by atoms with E-state index in [1.807, 2.05) is 13.1 Å². The number of nitro benzene ring substituents is 1. The Morgan fingerprint density at radius 3 is 2.67 bits per heavy atom. The molecule has 0 aliphatic carbocycles. The van der Waals surface area contributed by atoms with Crippen LogP contribution in [0, 0.1) is 24.0 Å². The van der Waals surface area contributed by atoms with E-state index >= 15 is 0 Å². The van der Waals surface area contributed by atoms with Gasteiger partial charge in [0.15, 0.2) is 0 Å². The first-order chi connectivity index (χ1) is 10.0. The highest BCUT2D eigenvalue weighted by Gasteiger charge is 2.14. The molecule has 2 rings (SSSR count). The van der Waals surface area contributed by atoms with Crippen LogP contribution in [0.2, 0.25) is 0 Å². The summed E-state index contributed by atoms with van der Waals surface area (Å²) in [6.07, 6.45) is 3.38. The number of benzene rings is 1. The van der Waals surface area contributed by atoms with Crippen molar-refractivity contribution in [3.63, 3.8) is 0 Å². The van der Waals surface area contributed by atoms with Gasteiger partial charge in [0.1, 0.15) is 11.5 Å². The zero-order valence-electron chi connectivity index (χ0n) is 12.2. The molecule has 110 valence electrons. The van der Waals surface area contributed by atoms with E-state index in [0.717, 1.165) is 5.56 Å². The van der Waals surface area contributed by atoms with Gasteiger partial charge in [0, 0.05) is 24.4 Å². The van der Waals surface area contributed by atoms with E-state index in [0.29, 0.717) is 29.2 Å². The number of hydrogen-bond donors (Lipinski definition) is 1. The highest BCUT2D eigenvalue weighted by molar-refractivity contribution is 5.50. The van der Waals surface area contributed by atoms with Gasteiger partial charge < -0.3 is 10.1 Å². The average molecular weight is 287 g/mol. The maximum Gasteiger partial charge on any atom is 0.272 e. The minimum Gasteiger partial charge on any atom is -0.455 e. The summed E-state index contributed by atoms with van der Waals surface area (Å²) in [6.45, 7) is 4.18. The lowest BCUT2D eigenvalue weighted by atomic mass is 10.1. The van der Waals surface area contributed by atoms with Gasteiger partial charge in [-0.3, -0.25) is 15.1 Å². The number of nitrogens with zero attached hydrogens (tertiary/aromatic N) is 2. The Morgan fingerprint density at radius 1 is 1.24 bits per heavy atom. The van der Waals surface area contributed by atoms with Gasteiger partial charge in [0.2, 0.25) is 0 Å². The van der Waals surface area contributed by atoms with Crippen LogP contribution in [0.15, 0.2) is 30.6 Å². The Balaban J connectivity index is 2.29. The van der Waals surface area contributed by atoms with Gasteiger partial charge in [-0.15, -0.1) is 0 Å². The molecule has 1 N–H and O–H groups in total. The number of nitro groups is 1. The predicted octanol–water partition coefficient (Wildman–Crippen LogP) is 3.12. The molecule has 1 aromatic heterocycles. The fourth-order valence-electron chi connectivity index (χ4n) is 2.03. The van der Waals surface area contributed by atoms with Crippen LogP contribution in [0.5, 0.6) is 11.5 Å². The summed E-state index contributed by atoms with van der Waals surface area (Å²) in [6, 6.07) is 5.09. The first-order valence-corrected chi connectivity index (χ1v) is 6.53. The highest BCUT2D eigenvalue weighted by atomic mass is 16.6. The number of aromatic nitrogens is 1. The lowest BCUT2D eigenvalue weighted by molar-refractivity contribution is -0.385. The Hall–Kier alpha value is -2.47. The molecule has 6 heteroatoms. The normalized spacial score (nSPS) is 10.4. The predicted molar refractivity (Wildman–Crippen MR) is 79.6 cm³/mol. The van der Waals surface area contributed by atoms with Crippen LogP contribution in [0.25, 0.3) is 0 Å². The summed E-state index contributed by atoms with van der Waals surface area (Å²) in [5, 5.41) is 14.0. The summed E-state index contributed by atoms with van der Waals surface area (Å²) in [7, 11) is 1.86.